The van der Waals surface area contributed by atoms with Gasteiger partial charge in [-0.15, -0.1) is 0 Å². The molecule has 228 valence electrons. The molecule has 42 heavy (non-hydrogen) atoms. The Balaban J connectivity index is 1.81. The van der Waals surface area contributed by atoms with E-state index in [0.717, 1.165) is 30.4 Å². The van der Waals surface area contributed by atoms with E-state index in [9.17, 15) is 32.3 Å². The van der Waals surface area contributed by atoms with Crippen LogP contribution < -0.4 is 20.7 Å². The van der Waals surface area contributed by atoms with Crippen molar-refractivity contribution in [2.45, 2.75) is 77.2 Å². The fraction of sp³-hybridized carbons (Fsp3) is 0.484. The summed E-state index contributed by atoms with van der Waals surface area (Å²) in [6, 6.07) is 9.29. The van der Waals surface area contributed by atoms with Crippen molar-refractivity contribution >= 4 is 23.5 Å². The van der Waals surface area contributed by atoms with E-state index in [1.807, 2.05) is 31.2 Å². The normalized spacial score (nSPS) is 16.4. The Hall–Kier alpha value is -3.89. The van der Waals surface area contributed by atoms with Crippen molar-refractivity contribution in [1.29, 1.82) is 0 Å². The lowest BCUT2D eigenvalue weighted by Gasteiger charge is -2.34. The van der Waals surface area contributed by atoms with E-state index in [1.54, 1.807) is 0 Å². The number of carbonyl (C=O) groups is 4. The Morgan fingerprint density at radius 1 is 0.810 bits per heavy atom. The molecule has 0 spiro atoms. The van der Waals surface area contributed by atoms with Gasteiger partial charge in [-0.2, -0.15) is 13.2 Å². The third kappa shape index (κ3) is 8.10. The largest absolute Gasteiger partial charge is 0.497 e. The second-order valence-corrected chi connectivity index (χ2v) is 11.1. The predicted octanol–water partition coefficient (Wildman–Crippen LogP) is 4.52. The maximum atomic E-state index is 13.4. The number of ketones is 1. The first kappa shape index (κ1) is 32.6. The highest BCUT2D eigenvalue weighted by atomic mass is 19.4. The standard InChI is InChI=1S/C31H38F3N3O5/c1-17(2)25(27(38)31(32,33)34)36-30(41)26(22-13-15-23(42-5)16-14-22)37-28(39)19(4)35-29(40)24(20-7-6-8-20)21-11-9-18(3)10-12-21/h9-17,19-20,24-26H,6-8H2,1-5H3,(H,35,40)(H,36,41)(H,37,39)/t19-,24+,25-,26-/m0/s1. The van der Waals surface area contributed by atoms with Gasteiger partial charge in [0.15, 0.2) is 0 Å². The molecule has 2 aromatic rings. The van der Waals surface area contributed by atoms with E-state index >= 15 is 0 Å². The fourth-order valence-electron chi connectivity index (χ4n) is 4.87. The predicted molar refractivity (Wildman–Crippen MR) is 151 cm³/mol. The zero-order valence-corrected chi connectivity index (χ0v) is 24.4. The van der Waals surface area contributed by atoms with E-state index in [4.69, 9.17) is 4.74 Å². The van der Waals surface area contributed by atoms with E-state index in [-0.39, 0.29) is 17.4 Å². The van der Waals surface area contributed by atoms with Crippen LogP contribution in [0.4, 0.5) is 13.2 Å². The number of hydrogen-bond acceptors (Lipinski definition) is 5. The molecule has 8 nitrogen and oxygen atoms in total. The van der Waals surface area contributed by atoms with Crippen molar-refractivity contribution in [2.24, 2.45) is 11.8 Å². The summed E-state index contributed by atoms with van der Waals surface area (Å²) in [6.45, 7) is 6.17. The van der Waals surface area contributed by atoms with Crippen molar-refractivity contribution in [3.8, 4) is 5.75 Å². The molecule has 3 N–H and O–H groups in total. The summed E-state index contributed by atoms with van der Waals surface area (Å²) in [5, 5.41) is 7.46. The number of nitrogens with one attached hydrogen (secondary N) is 3. The lowest BCUT2D eigenvalue weighted by molar-refractivity contribution is -0.175. The van der Waals surface area contributed by atoms with Crippen molar-refractivity contribution < 1.29 is 37.1 Å². The molecule has 1 aliphatic carbocycles. The third-order valence-corrected chi connectivity index (χ3v) is 7.62. The molecule has 0 unspecified atom stereocenters. The highest BCUT2D eigenvalue weighted by Gasteiger charge is 2.45. The average Bonchev–Trinajstić information content (AvgIpc) is 2.91. The minimum atomic E-state index is -5.16. The molecule has 2 aromatic carbocycles. The lowest BCUT2D eigenvalue weighted by atomic mass is 9.72. The minimum Gasteiger partial charge on any atom is -0.497 e. The van der Waals surface area contributed by atoms with Crippen LogP contribution in [0.2, 0.25) is 0 Å². The Morgan fingerprint density at radius 2 is 1.38 bits per heavy atom. The molecule has 3 amide bonds. The van der Waals surface area contributed by atoms with Gasteiger partial charge in [-0.05, 0) is 61.8 Å². The maximum Gasteiger partial charge on any atom is 0.452 e. The number of methoxy groups -OCH3 is 1. The first-order valence-corrected chi connectivity index (χ1v) is 14.0. The van der Waals surface area contributed by atoms with Crippen LogP contribution in [0.5, 0.6) is 5.75 Å². The molecule has 0 bridgehead atoms. The third-order valence-electron chi connectivity index (χ3n) is 7.62. The monoisotopic (exact) mass is 589 g/mol. The molecule has 4 atom stereocenters. The smallest absolute Gasteiger partial charge is 0.452 e. The van der Waals surface area contributed by atoms with Crippen LogP contribution in [-0.2, 0) is 19.2 Å². The van der Waals surface area contributed by atoms with Gasteiger partial charge < -0.3 is 20.7 Å². The Bertz CT molecular complexity index is 1260. The minimum absolute atomic E-state index is 0.139. The molecule has 1 aliphatic rings. The van der Waals surface area contributed by atoms with Gasteiger partial charge in [-0.1, -0.05) is 62.2 Å². The van der Waals surface area contributed by atoms with Gasteiger partial charge in [0.2, 0.25) is 17.7 Å². The van der Waals surface area contributed by atoms with Crippen LogP contribution in [0.1, 0.15) is 68.7 Å². The van der Waals surface area contributed by atoms with Crippen LogP contribution in [0.15, 0.2) is 48.5 Å². The van der Waals surface area contributed by atoms with E-state index in [0.29, 0.717) is 5.75 Å². The number of benzene rings is 2. The molecule has 0 radical (unpaired) electrons. The Labute approximate surface area is 243 Å². The quantitative estimate of drug-likeness (QED) is 0.337. The van der Waals surface area contributed by atoms with Gasteiger partial charge in [0.05, 0.1) is 19.1 Å². The number of alkyl halides is 3. The van der Waals surface area contributed by atoms with Gasteiger partial charge in [0, 0.05) is 0 Å². The van der Waals surface area contributed by atoms with Crippen LogP contribution >= 0.6 is 0 Å². The van der Waals surface area contributed by atoms with E-state index in [2.05, 4.69) is 16.0 Å². The topological polar surface area (TPSA) is 114 Å². The maximum absolute atomic E-state index is 13.4. The summed E-state index contributed by atoms with van der Waals surface area (Å²) in [5.74, 6) is -4.88. The van der Waals surface area contributed by atoms with Gasteiger partial charge in [-0.3, -0.25) is 19.2 Å². The average molecular weight is 590 g/mol. The van der Waals surface area contributed by atoms with Crippen molar-refractivity contribution in [3.05, 3.63) is 65.2 Å². The van der Waals surface area contributed by atoms with Crippen molar-refractivity contribution in [1.82, 2.24) is 16.0 Å². The number of halogens is 3. The molecule has 11 heteroatoms. The van der Waals surface area contributed by atoms with Crippen LogP contribution in [0.3, 0.4) is 0 Å². The van der Waals surface area contributed by atoms with Gasteiger partial charge in [0.25, 0.3) is 5.78 Å². The summed E-state index contributed by atoms with van der Waals surface area (Å²) < 4.78 is 44.8. The zero-order chi connectivity index (χ0) is 31.2. The van der Waals surface area contributed by atoms with Crippen molar-refractivity contribution in [3.63, 3.8) is 0 Å². The number of ether oxygens (including phenoxy) is 1. The number of rotatable bonds is 12. The lowest BCUT2D eigenvalue weighted by Crippen LogP contribution is -2.54. The first-order chi connectivity index (χ1) is 19.7. The highest BCUT2D eigenvalue weighted by molar-refractivity contribution is 5.97. The summed E-state index contributed by atoms with van der Waals surface area (Å²) >= 11 is 0. The number of carbonyl (C=O) groups excluding carboxylic acids is 4. The fourth-order valence-corrected chi connectivity index (χ4v) is 4.87. The molecule has 0 aromatic heterocycles. The van der Waals surface area contributed by atoms with Crippen molar-refractivity contribution in [2.75, 3.05) is 7.11 Å². The summed E-state index contributed by atoms with van der Waals surface area (Å²) in [7, 11) is 1.44. The first-order valence-electron chi connectivity index (χ1n) is 14.0. The molecule has 0 aliphatic heterocycles. The summed E-state index contributed by atoms with van der Waals surface area (Å²) in [5.41, 5.74) is 2.15. The SMILES string of the molecule is COc1ccc([C@H](NC(=O)[C@H](C)NC(=O)[C@@H](c2ccc(C)cc2)C2CCC2)C(=O)N[C@H](C(=O)C(F)(F)F)C(C)C)cc1. The summed E-state index contributed by atoms with van der Waals surface area (Å²) in [6.07, 6.45) is -2.36. The molecule has 1 saturated carbocycles. The van der Waals surface area contributed by atoms with Gasteiger partial charge in [-0.25, -0.2) is 0 Å². The Kier molecular flexibility index (Phi) is 10.8. The van der Waals surface area contributed by atoms with Gasteiger partial charge in [0.1, 0.15) is 17.8 Å². The number of aryl methyl sites for hydroxylation is 1. The Morgan fingerprint density at radius 3 is 1.86 bits per heavy atom. The molecule has 0 saturated heterocycles. The van der Waals surface area contributed by atoms with Crippen LogP contribution in [0.25, 0.3) is 0 Å². The van der Waals surface area contributed by atoms with Gasteiger partial charge >= 0.3 is 6.18 Å². The van der Waals surface area contributed by atoms with Crippen LogP contribution in [0, 0.1) is 18.8 Å². The summed E-state index contributed by atoms with van der Waals surface area (Å²) in [4.78, 5) is 52.0. The second-order valence-electron chi connectivity index (χ2n) is 11.1. The zero-order valence-electron chi connectivity index (χ0n) is 24.4. The second kappa shape index (κ2) is 13.8. The molecular formula is C31H38F3N3O5. The molecule has 3 rings (SSSR count). The number of Topliss-reactive ketones (excluding diaryl/α,β-unsaturated/α-hetero) is 1. The van der Waals surface area contributed by atoms with Crippen LogP contribution in [-0.4, -0.2) is 48.9 Å². The molecular weight excluding hydrogens is 551 g/mol. The van der Waals surface area contributed by atoms with E-state index < -0.39 is 53.7 Å². The van der Waals surface area contributed by atoms with E-state index in [1.165, 1.54) is 52.1 Å². The highest BCUT2D eigenvalue weighted by Crippen LogP contribution is 2.39. The number of amides is 3. The number of hydrogen-bond donors (Lipinski definition) is 3. The molecule has 1 fully saturated rings. The molecule has 0 heterocycles.